The third-order valence-corrected chi connectivity index (χ3v) is 3.26. The summed E-state index contributed by atoms with van der Waals surface area (Å²) in [7, 11) is 0. The predicted octanol–water partition coefficient (Wildman–Crippen LogP) is 2.96. The molecule has 0 saturated heterocycles. The number of carbonyl (C=O) groups is 1. The molecule has 4 nitrogen and oxygen atoms in total. The second-order valence-corrected chi connectivity index (χ2v) is 5.64. The molecule has 1 aliphatic heterocycles. The number of nitrogens with zero attached hydrogens (tertiary/aromatic N) is 1. The molecule has 6 heteroatoms. The van der Waals surface area contributed by atoms with E-state index in [1.165, 1.54) is 0 Å². The molecule has 0 saturated carbocycles. The van der Waals surface area contributed by atoms with Gasteiger partial charge in [0.1, 0.15) is 0 Å². The fourth-order valence-corrected chi connectivity index (χ4v) is 2.13. The lowest BCUT2D eigenvalue weighted by atomic mass is 10.1. The highest BCUT2D eigenvalue weighted by atomic mass is 35.5. The quantitative estimate of drug-likeness (QED) is 0.803. The standard InChI is InChI=1S/C13H15Cl2NO3/c1-8(2)16(13(17)12(14)15)6-9-3-4-10-11(5-9)19-7-18-10/h3-5,8,12H,6-7H2,1-2H3. The smallest absolute Gasteiger partial charge is 0.256 e. The number of ether oxygens (including phenoxy) is 2. The molecule has 0 aliphatic carbocycles. The summed E-state index contributed by atoms with van der Waals surface area (Å²) in [6.45, 7) is 4.50. The van der Waals surface area contributed by atoms with Crippen molar-refractivity contribution in [3.05, 3.63) is 23.8 Å². The number of alkyl halides is 2. The van der Waals surface area contributed by atoms with Gasteiger partial charge in [0.25, 0.3) is 5.91 Å². The number of benzene rings is 1. The number of amides is 1. The first-order chi connectivity index (χ1) is 8.99. The summed E-state index contributed by atoms with van der Waals surface area (Å²) in [5, 5.41) is 0. The molecule has 0 fully saturated rings. The summed E-state index contributed by atoms with van der Waals surface area (Å²) < 4.78 is 10.6. The SMILES string of the molecule is CC(C)N(Cc1ccc2c(c1)OCO2)C(=O)C(Cl)Cl. The van der Waals surface area contributed by atoms with Gasteiger partial charge < -0.3 is 14.4 Å². The van der Waals surface area contributed by atoms with E-state index < -0.39 is 4.84 Å². The molecular weight excluding hydrogens is 289 g/mol. The summed E-state index contributed by atoms with van der Waals surface area (Å²) >= 11 is 11.3. The van der Waals surface area contributed by atoms with E-state index >= 15 is 0 Å². The highest BCUT2D eigenvalue weighted by Crippen LogP contribution is 2.33. The first-order valence-corrected chi connectivity index (χ1v) is 6.83. The van der Waals surface area contributed by atoms with Gasteiger partial charge >= 0.3 is 0 Å². The summed E-state index contributed by atoms with van der Waals surface area (Å²) in [5.74, 6) is 1.12. The van der Waals surface area contributed by atoms with Crippen molar-refractivity contribution in [3.8, 4) is 11.5 Å². The van der Waals surface area contributed by atoms with Crippen molar-refractivity contribution >= 4 is 29.1 Å². The Labute approximate surface area is 122 Å². The molecule has 0 unspecified atom stereocenters. The molecule has 0 spiro atoms. The van der Waals surface area contributed by atoms with Crippen LogP contribution in [0, 0.1) is 0 Å². The van der Waals surface area contributed by atoms with Gasteiger partial charge in [0.2, 0.25) is 6.79 Å². The first-order valence-electron chi connectivity index (χ1n) is 5.96. The molecular formula is C13H15Cl2NO3. The molecule has 104 valence electrons. The van der Waals surface area contributed by atoms with Crippen LogP contribution in [0.1, 0.15) is 19.4 Å². The lowest BCUT2D eigenvalue weighted by Crippen LogP contribution is -2.39. The molecule has 1 heterocycles. The summed E-state index contributed by atoms with van der Waals surface area (Å²) in [6, 6.07) is 5.60. The van der Waals surface area contributed by atoms with Gasteiger partial charge in [-0.15, -0.1) is 0 Å². The van der Waals surface area contributed by atoms with Gasteiger partial charge in [-0.25, -0.2) is 0 Å². The largest absolute Gasteiger partial charge is 0.454 e. The van der Waals surface area contributed by atoms with E-state index in [1.807, 2.05) is 32.0 Å². The Morgan fingerprint density at radius 3 is 2.63 bits per heavy atom. The van der Waals surface area contributed by atoms with E-state index in [2.05, 4.69) is 0 Å². The second kappa shape index (κ2) is 5.88. The van der Waals surface area contributed by atoms with Crippen LogP contribution in [0.15, 0.2) is 18.2 Å². The van der Waals surface area contributed by atoms with Crippen molar-refractivity contribution in [2.75, 3.05) is 6.79 Å². The van der Waals surface area contributed by atoms with Crippen LogP contribution >= 0.6 is 23.2 Å². The van der Waals surface area contributed by atoms with Crippen LogP contribution in [0.3, 0.4) is 0 Å². The van der Waals surface area contributed by atoms with Crippen LogP contribution in [0.2, 0.25) is 0 Å². The van der Waals surface area contributed by atoms with Gasteiger partial charge in [-0.1, -0.05) is 29.3 Å². The summed E-state index contributed by atoms with van der Waals surface area (Å²) in [5.41, 5.74) is 0.945. The van der Waals surface area contributed by atoms with Crippen LogP contribution in [0.5, 0.6) is 11.5 Å². The number of carbonyl (C=O) groups excluding carboxylic acids is 1. The van der Waals surface area contributed by atoms with Crippen LogP contribution < -0.4 is 9.47 Å². The van der Waals surface area contributed by atoms with Gasteiger partial charge in [0.15, 0.2) is 16.3 Å². The minimum Gasteiger partial charge on any atom is -0.454 e. The predicted molar refractivity (Wildman–Crippen MR) is 73.7 cm³/mol. The van der Waals surface area contributed by atoms with Crippen LogP contribution in [-0.2, 0) is 11.3 Å². The van der Waals surface area contributed by atoms with Crippen LogP contribution in [0.4, 0.5) is 0 Å². The molecule has 1 aromatic carbocycles. The fourth-order valence-electron chi connectivity index (χ4n) is 1.88. The zero-order valence-corrected chi connectivity index (χ0v) is 12.2. The van der Waals surface area contributed by atoms with E-state index in [-0.39, 0.29) is 18.7 Å². The maximum Gasteiger partial charge on any atom is 0.256 e. The van der Waals surface area contributed by atoms with Crippen molar-refractivity contribution < 1.29 is 14.3 Å². The van der Waals surface area contributed by atoms with Gasteiger partial charge in [-0.05, 0) is 31.5 Å². The van der Waals surface area contributed by atoms with Gasteiger partial charge in [-0.2, -0.15) is 0 Å². The van der Waals surface area contributed by atoms with Gasteiger partial charge in [-0.3, -0.25) is 4.79 Å². The lowest BCUT2D eigenvalue weighted by molar-refractivity contribution is -0.131. The number of fused-ring (bicyclic) bond motifs is 1. The summed E-state index contributed by atoms with van der Waals surface area (Å²) in [4.78, 5) is 12.5. The normalized spacial score (nSPS) is 13.2. The molecule has 19 heavy (non-hydrogen) atoms. The summed E-state index contributed by atoms with van der Waals surface area (Å²) in [6.07, 6.45) is 0. The molecule has 0 bridgehead atoms. The minimum absolute atomic E-state index is 0.0120. The van der Waals surface area contributed by atoms with E-state index in [4.69, 9.17) is 32.7 Å². The Morgan fingerprint density at radius 2 is 2.00 bits per heavy atom. The Hall–Kier alpha value is -1.13. The Kier molecular flexibility index (Phi) is 4.42. The van der Waals surface area contributed by atoms with Crippen molar-refractivity contribution in [2.24, 2.45) is 0 Å². The number of halogens is 2. The Balaban J connectivity index is 2.15. The minimum atomic E-state index is -1.04. The lowest BCUT2D eigenvalue weighted by Gasteiger charge is -2.27. The van der Waals surface area contributed by atoms with Crippen LogP contribution in [-0.4, -0.2) is 28.5 Å². The Morgan fingerprint density at radius 1 is 1.32 bits per heavy atom. The molecule has 2 rings (SSSR count). The molecule has 1 amide bonds. The third kappa shape index (κ3) is 3.25. The van der Waals surface area contributed by atoms with E-state index in [0.29, 0.717) is 12.3 Å². The highest BCUT2D eigenvalue weighted by Gasteiger charge is 2.23. The van der Waals surface area contributed by atoms with Gasteiger partial charge in [0, 0.05) is 12.6 Å². The van der Waals surface area contributed by atoms with E-state index in [0.717, 1.165) is 11.3 Å². The van der Waals surface area contributed by atoms with Crippen molar-refractivity contribution in [1.29, 1.82) is 0 Å². The average Bonchev–Trinajstić information content (AvgIpc) is 2.81. The van der Waals surface area contributed by atoms with Gasteiger partial charge in [0.05, 0.1) is 0 Å². The molecule has 0 atom stereocenters. The molecule has 0 aromatic heterocycles. The number of hydrogen-bond acceptors (Lipinski definition) is 3. The maximum absolute atomic E-state index is 11.9. The fraction of sp³-hybridized carbons (Fsp3) is 0.462. The van der Waals surface area contributed by atoms with E-state index in [9.17, 15) is 4.79 Å². The van der Waals surface area contributed by atoms with Crippen LogP contribution in [0.25, 0.3) is 0 Å². The zero-order valence-electron chi connectivity index (χ0n) is 10.7. The molecule has 1 aliphatic rings. The molecule has 1 aromatic rings. The zero-order chi connectivity index (χ0) is 14.0. The number of rotatable bonds is 4. The third-order valence-electron chi connectivity index (χ3n) is 2.88. The van der Waals surface area contributed by atoms with Crippen molar-refractivity contribution in [3.63, 3.8) is 0 Å². The maximum atomic E-state index is 11.9. The van der Waals surface area contributed by atoms with Crippen molar-refractivity contribution in [2.45, 2.75) is 31.3 Å². The number of hydrogen-bond donors (Lipinski definition) is 0. The van der Waals surface area contributed by atoms with Crippen molar-refractivity contribution in [1.82, 2.24) is 4.90 Å². The first kappa shape index (κ1) is 14.3. The Bertz CT molecular complexity index is 477. The average molecular weight is 304 g/mol. The molecule has 0 N–H and O–H groups in total. The highest BCUT2D eigenvalue weighted by molar-refractivity contribution is 6.53. The monoisotopic (exact) mass is 303 g/mol. The second-order valence-electron chi connectivity index (χ2n) is 4.55. The van der Waals surface area contributed by atoms with E-state index in [1.54, 1.807) is 4.90 Å². The molecule has 0 radical (unpaired) electrons. The topological polar surface area (TPSA) is 38.8 Å².